The lowest BCUT2D eigenvalue weighted by molar-refractivity contribution is 0.0514. The van der Waals surface area contributed by atoms with Crippen LogP contribution in [0.3, 0.4) is 0 Å². The van der Waals surface area contributed by atoms with E-state index in [0.717, 1.165) is 37.7 Å². The minimum absolute atomic E-state index is 0.0137. The lowest BCUT2D eigenvalue weighted by atomic mass is 9.95. The normalized spacial score (nSPS) is 24.3. The van der Waals surface area contributed by atoms with Crippen LogP contribution < -0.4 is 10.1 Å². The van der Waals surface area contributed by atoms with Gasteiger partial charge < -0.3 is 10.1 Å². The Morgan fingerprint density at radius 3 is 2.88 bits per heavy atom. The maximum absolute atomic E-state index is 6.06. The molecule has 1 aromatic heterocycles. The van der Waals surface area contributed by atoms with Gasteiger partial charge in [-0.3, -0.25) is 0 Å². The van der Waals surface area contributed by atoms with E-state index in [4.69, 9.17) is 4.74 Å². The number of aromatic nitrogens is 1. The van der Waals surface area contributed by atoms with Crippen molar-refractivity contribution in [3.05, 3.63) is 10.4 Å². The van der Waals surface area contributed by atoms with Gasteiger partial charge in [0.15, 0.2) is 0 Å². The topological polar surface area (TPSA) is 34.1 Å². The van der Waals surface area contributed by atoms with Crippen LogP contribution >= 0.6 is 11.3 Å². The summed E-state index contributed by atoms with van der Waals surface area (Å²) in [5.41, 5.74) is -0.0137. The van der Waals surface area contributed by atoms with Gasteiger partial charge in [-0.25, -0.2) is 4.98 Å². The smallest absolute Gasteiger partial charge is 0.225 e. The fourth-order valence-corrected chi connectivity index (χ4v) is 3.04. The van der Waals surface area contributed by atoms with Crippen LogP contribution in [-0.2, 0) is 0 Å². The van der Waals surface area contributed by atoms with E-state index in [-0.39, 0.29) is 5.60 Å². The van der Waals surface area contributed by atoms with Crippen molar-refractivity contribution >= 4 is 11.3 Å². The van der Waals surface area contributed by atoms with E-state index >= 15 is 0 Å². The monoisotopic (exact) mass is 238 g/mol. The number of hydrogen-bond acceptors (Lipinski definition) is 4. The van der Waals surface area contributed by atoms with Crippen LogP contribution in [0.15, 0.2) is 5.38 Å². The van der Waals surface area contributed by atoms with Crippen LogP contribution in [0.2, 0.25) is 0 Å². The first-order valence-corrected chi connectivity index (χ1v) is 6.98. The fourth-order valence-electron chi connectivity index (χ4n) is 2.15. The van der Waals surface area contributed by atoms with Gasteiger partial charge in [0.05, 0.1) is 10.4 Å². The summed E-state index contributed by atoms with van der Waals surface area (Å²) in [4.78, 5) is 4.59. The standard InChI is InChI=1S/C12H18N2OS/c1-12(4-6-13-7-5-12)15-10-8-16-11(14-10)9-2-3-9/h8-9,13H,2-7H2,1H3. The molecule has 0 bridgehead atoms. The lowest BCUT2D eigenvalue weighted by Crippen LogP contribution is -2.43. The molecule has 2 aliphatic rings. The molecule has 2 heterocycles. The van der Waals surface area contributed by atoms with Gasteiger partial charge >= 0.3 is 0 Å². The first kappa shape index (κ1) is 10.5. The molecule has 3 nitrogen and oxygen atoms in total. The summed E-state index contributed by atoms with van der Waals surface area (Å²) in [6.07, 6.45) is 4.77. The van der Waals surface area contributed by atoms with Crippen LogP contribution in [0.4, 0.5) is 0 Å². The fraction of sp³-hybridized carbons (Fsp3) is 0.750. The molecule has 0 amide bonds. The van der Waals surface area contributed by atoms with Gasteiger partial charge in [-0.05, 0) is 45.7 Å². The molecule has 0 radical (unpaired) electrons. The van der Waals surface area contributed by atoms with Crippen molar-refractivity contribution in [2.24, 2.45) is 0 Å². The molecular weight excluding hydrogens is 220 g/mol. The summed E-state index contributed by atoms with van der Waals surface area (Å²) in [6.45, 7) is 4.30. The number of hydrogen-bond donors (Lipinski definition) is 1. The zero-order valence-electron chi connectivity index (χ0n) is 9.66. The molecule has 88 valence electrons. The Labute approximate surface area is 100 Å². The van der Waals surface area contributed by atoms with E-state index in [1.54, 1.807) is 11.3 Å². The maximum Gasteiger partial charge on any atom is 0.225 e. The third-order valence-electron chi connectivity index (χ3n) is 3.44. The van der Waals surface area contributed by atoms with Crippen molar-refractivity contribution in [3.8, 4) is 5.88 Å². The third-order valence-corrected chi connectivity index (χ3v) is 4.43. The molecule has 0 unspecified atom stereocenters. The lowest BCUT2D eigenvalue weighted by Gasteiger charge is -2.33. The molecular formula is C12H18N2OS. The van der Waals surface area contributed by atoms with E-state index in [9.17, 15) is 0 Å². The zero-order valence-corrected chi connectivity index (χ0v) is 10.5. The second-order valence-corrected chi connectivity index (χ2v) is 5.99. The number of nitrogens with one attached hydrogen (secondary N) is 1. The Bertz CT molecular complexity index is 367. The molecule has 2 fully saturated rings. The Kier molecular flexibility index (Phi) is 2.64. The minimum atomic E-state index is -0.0137. The van der Waals surface area contributed by atoms with Crippen LogP contribution in [0, 0.1) is 0 Å². The Balaban J connectivity index is 1.67. The van der Waals surface area contributed by atoms with Crippen molar-refractivity contribution in [3.63, 3.8) is 0 Å². The highest BCUT2D eigenvalue weighted by molar-refractivity contribution is 7.09. The number of piperidine rings is 1. The van der Waals surface area contributed by atoms with Gasteiger partial charge in [0, 0.05) is 5.92 Å². The summed E-state index contributed by atoms with van der Waals surface area (Å²) in [5, 5.41) is 6.70. The molecule has 4 heteroatoms. The van der Waals surface area contributed by atoms with Crippen molar-refractivity contribution in [2.75, 3.05) is 13.1 Å². The number of thiazole rings is 1. The van der Waals surface area contributed by atoms with Crippen molar-refractivity contribution in [2.45, 2.75) is 44.1 Å². The molecule has 1 aliphatic heterocycles. The number of nitrogens with zero attached hydrogens (tertiary/aromatic N) is 1. The number of rotatable bonds is 3. The summed E-state index contributed by atoms with van der Waals surface area (Å²) in [7, 11) is 0. The average Bonchev–Trinajstić information content (AvgIpc) is 3.02. The van der Waals surface area contributed by atoms with E-state index in [0.29, 0.717) is 0 Å². The predicted octanol–water partition coefficient (Wildman–Crippen LogP) is 2.54. The largest absolute Gasteiger partial charge is 0.471 e. The third kappa shape index (κ3) is 2.23. The highest BCUT2D eigenvalue weighted by atomic mass is 32.1. The summed E-state index contributed by atoms with van der Waals surface area (Å²) in [5.74, 6) is 1.58. The Morgan fingerprint density at radius 1 is 1.44 bits per heavy atom. The van der Waals surface area contributed by atoms with Crippen LogP contribution in [0.1, 0.15) is 43.5 Å². The van der Waals surface area contributed by atoms with E-state index in [1.807, 2.05) is 0 Å². The van der Waals surface area contributed by atoms with Crippen LogP contribution in [-0.4, -0.2) is 23.7 Å². The summed E-state index contributed by atoms with van der Waals surface area (Å²) < 4.78 is 6.06. The summed E-state index contributed by atoms with van der Waals surface area (Å²) in [6, 6.07) is 0. The molecule has 1 N–H and O–H groups in total. The molecule has 1 saturated heterocycles. The van der Waals surface area contributed by atoms with E-state index < -0.39 is 0 Å². The van der Waals surface area contributed by atoms with Gasteiger partial charge in [0.25, 0.3) is 0 Å². The Morgan fingerprint density at radius 2 is 2.19 bits per heavy atom. The Hall–Kier alpha value is -0.610. The zero-order chi connectivity index (χ0) is 11.0. The quantitative estimate of drug-likeness (QED) is 0.878. The molecule has 3 rings (SSSR count). The molecule has 16 heavy (non-hydrogen) atoms. The van der Waals surface area contributed by atoms with Crippen LogP contribution in [0.5, 0.6) is 5.88 Å². The first-order valence-electron chi connectivity index (χ1n) is 6.10. The molecule has 0 aromatic carbocycles. The van der Waals surface area contributed by atoms with Crippen LogP contribution in [0.25, 0.3) is 0 Å². The molecule has 1 aliphatic carbocycles. The van der Waals surface area contributed by atoms with Gasteiger partial charge in [0.1, 0.15) is 5.60 Å². The molecule has 1 aromatic rings. The molecule has 1 saturated carbocycles. The molecule has 0 spiro atoms. The van der Waals surface area contributed by atoms with Crippen molar-refractivity contribution in [1.29, 1.82) is 0 Å². The maximum atomic E-state index is 6.06. The van der Waals surface area contributed by atoms with E-state index in [1.165, 1.54) is 17.8 Å². The minimum Gasteiger partial charge on any atom is -0.471 e. The van der Waals surface area contributed by atoms with Gasteiger partial charge in [-0.15, -0.1) is 11.3 Å². The van der Waals surface area contributed by atoms with Gasteiger partial charge in [-0.2, -0.15) is 0 Å². The predicted molar refractivity (Wildman–Crippen MR) is 65.2 cm³/mol. The first-order chi connectivity index (χ1) is 7.75. The second kappa shape index (κ2) is 4.00. The summed E-state index contributed by atoms with van der Waals surface area (Å²) >= 11 is 1.76. The number of ether oxygens (including phenoxy) is 1. The van der Waals surface area contributed by atoms with Gasteiger partial charge in [0.2, 0.25) is 5.88 Å². The highest BCUT2D eigenvalue weighted by Gasteiger charge is 2.31. The van der Waals surface area contributed by atoms with Crippen molar-refractivity contribution in [1.82, 2.24) is 10.3 Å². The second-order valence-electron chi connectivity index (χ2n) is 5.10. The molecule has 0 atom stereocenters. The average molecular weight is 238 g/mol. The van der Waals surface area contributed by atoms with Crippen molar-refractivity contribution < 1.29 is 4.74 Å². The van der Waals surface area contributed by atoms with E-state index in [2.05, 4.69) is 22.6 Å². The highest BCUT2D eigenvalue weighted by Crippen LogP contribution is 2.42. The SMILES string of the molecule is CC1(Oc2csc(C3CC3)n2)CCNCC1. The van der Waals surface area contributed by atoms with Gasteiger partial charge in [-0.1, -0.05) is 0 Å².